The van der Waals surface area contributed by atoms with Gasteiger partial charge in [-0.3, -0.25) is 14.2 Å². The van der Waals surface area contributed by atoms with Crippen molar-refractivity contribution in [1.29, 1.82) is 0 Å². The fourth-order valence-electron chi connectivity index (χ4n) is 3.23. The van der Waals surface area contributed by atoms with E-state index in [9.17, 15) is 4.79 Å². The van der Waals surface area contributed by atoms with Crippen molar-refractivity contribution in [2.24, 2.45) is 0 Å². The second-order valence-electron chi connectivity index (χ2n) is 6.94. The van der Waals surface area contributed by atoms with Crippen LogP contribution in [-0.4, -0.2) is 39.7 Å². The van der Waals surface area contributed by atoms with Crippen LogP contribution >= 0.6 is 0 Å². The summed E-state index contributed by atoms with van der Waals surface area (Å²) >= 11 is 0. The normalized spacial score (nSPS) is 11.2. The molecule has 0 spiro atoms. The molecule has 2 heterocycles. The number of nitrogens with one attached hydrogen (secondary N) is 1. The molecule has 0 radical (unpaired) electrons. The van der Waals surface area contributed by atoms with Gasteiger partial charge in [-0.25, -0.2) is 0 Å². The number of ether oxygens (including phenoxy) is 2. The molecule has 8 heteroatoms. The number of rotatable bonds is 8. The molecule has 8 nitrogen and oxygen atoms in total. The molecule has 0 aliphatic carbocycles. The summed E-state index contributed by atoms with van der Waals surface area (Å²) < 4.78 is 14.3. The SMILES string of the molecule is COc1ccc(CNC(=O)CCn2ncc3c2c(C)nn3C(C)C)cc1OC. The zero-order valence-corrected chi connectivity index (χ0v) is 17.0. The van der Waals surface area contributed by atoms with Crippen molar-refractivity contribution in [1.82, 2.24) is 24.9 Å². The van der Waals surface area contributed by atoms with Crippen molar-refractivity contribution >= 4 is 16.9 Å². The van der Waals surface area contributed by atoms with Crippen LogP contribution in [0.15, 0.2) is 24.4 Å². The molecule has 0 bridgehead atoms. The number of hydrogen-bond donors (Lipinski definition) is 1. The molecule has 3 aromatic rings. The average Bonchev–Trinajstić information content (AvgIpc) is 3.25. The first-order valence-electron chi connectivity index (χ1n) is 9.32. The van der Waals surface area contributed by atoms with E-state index in [0.717, 1.165) is 22.3 Å². The Hall–Kier alpha value is -3.03. The van der Waals surface area contributed by atoms with Crippen molar-refractivity contribution in [2.75, 3.05) is 14.2 Å². The predicted octanol–water partition coefficient (Wildman–Crippen LogP) is 2.85. The summed E-state index contributed by atoms with van der Waals surface area (Å²) in [4.78, 5) is 12.3. The van der Waals surface area contributed by atoms with Crippen LogP contribution in [0.2, 0.25) is 0 Å². The van der Waals surface area contributed by atoms with E-state index >= 15 is 0 Å². The molecular weight excluding hydrogens is 358 g/mol. The molecule has 1 N–H and O–H groups in total. The van der Waals surface area contributed by atoms with Crippen LogP contribution in [0.3, 0.4) is 0 Å². The number of aryl methyl sites for hydroxylation is 2. The molecule has 1 aromatic carbocycles. The van der Waals surface area contributed by atoms with Gasteiger partial charge in [0.1, 0.15) is 11.0 Å². The molecule has 0 aliphatic rings. The molecule has 3 rings (SSSR count). The van der Waals surface area contributed by atoms with Crippen molar-refractivity contribution in [3.05, 3.63) is 35.7 Å². The highest BCUT2D eigenvalue weighted by Crippen LogP contribution is 2.27. The monoisotopic (exact) mass is 385 g/mol. The Bertz CT molecular complexity index is 974. The van der Waals surface area contributed by atoms with Crippen LogP contribution in [0.4, 0.5) is 0 Å². The van der Waals surface area contributed by atoms with Gasteiger partial charge < -0.3 is 14.8 Å². The Morgan fingerprint density at radius 1 is 1.21 bits per heavy atom. The van der Waals surface area contributed by atoms with Gasteiger partial charge in [-0.2, -0.15) is 10.2 Å². The van der Waals surface area contributed by atoms with E-state index < -0.39 is 0 Å². The lowest BCUT2D eigenvalue weighted by molar-refractivity contribution is -0.121. The zero-order chi connectivity index (χ0) is 20.3. The summed E-state index contributed by atoms with van der Waals surface area (Å²) in [6.07, 6.45) is 2.16. The van der Waals surface area contributed by atoms with Crippen LogP contribution in [-0.2, 0) is 17.9 Å². The van der Waals surface area contributed by atoms with E-state index in [1.54, 1.807) is 14.2 Å². The number of methoxy groups -OCH3 is 2. The first-order valence-corrected chi connectivity index (χ1v) is 9.32. The minimum atomic E-state index is -0.0349. The quantitative estimate of drug-likeness (QED) is 0.645. The molecule has 28 heavy (non-hydrogen) atoms. The maximum atomic E-state index is 12.3. The van der Waals surface area contributed by atoms with Crippen LogP contribution in [0.25, 0.3) is 11.0 Å². The molecule has 0 aliphatic heterocycles. The molecule has 0 atom stereocenters. The topological polar surface area (TPSA) is 83.2 Å². The molecule has 0 saturated heterocycles. The largest absolute Gasteiger partial charge is 0.493 e. The van der Waals surface area contributed by atoms with E-state index in [0.29, 0.717) is 31.0 Å². The maximum Gasteiger partial charge on any atom is 0.222 e. The van der Waals surface area contributed by atoms with Crippen LogP contribution in [0.1, 0.15) is 37.6 Å². The number of fused-ring (bicyclic) bond motifs is 1. The van der Waals surface area contributed by atoms with E-state index in [4.69, 9.17) is 9.47 Å². The van der Waals surface area contributed by atoms with Crippen molar-refractivity contribution < 1.29 is 14.3 Å². The smallest absolute Gasteiger partial charge is 0.222 e. The molecule has 0 unspecified atom stereocenters. The van der Waals surface area contributed by atoms with E-state index in [1.165, 1.54) is 0 Å². The van der Waals surface area contributed by atoms with Crippen molar-refractivity contribution in [3.8, 4) is 11.5 Å². The minimum Gasteiger partial charge on any atom is -0.493 e. The lowest BCUT2D eigenvalue weighted by Crippen LogP contribution is -2.24. The van der Waals surface area contributed by atoms with Gasteiger partial charge in [-0.15, -0.1) is 0 Å². The van der Waals surface area contributed by atoms with Gasteiger partial charge in [0.05, 0.1) is 32.7 Å². The number of carbonyl (C=O) groups excluding carboxylic acids is 1. The maximum absolute atomic E-state index is 12.3. The van der Waals surface area contributed by atoms with Gasteiger partial charge in [0.2, 0.25) is 5.91 Å². The Morgan fingerprint density at radius 2 is 1.96 bits per heavy atom. The predicted molar refractivity (Wildman–Crippen MR) is 107 cm³/mol. The Morgan fingerprint density at radius 3 is 2.64 bits per heavy atom. The zero-order valence-electron chi connectivity index (χ0n) is 17.0. The molecule has 0 saturated carbocycles. The van der Waals surface area contributed by atoms with Gasteiger partial charge in [0.15, 0.2) is 11.5 Å². The third kappa shape index (κ3) is 3.95. The summed E-state index contributed by atoms with van der Waals surface area (Å²) in [5.74, 6) is 1.27. The molecule has 1 amide bonds. The standard InChI is InChI=1S/C20H27N5O3/c1-13(2)25-16-12-22-24(20(16)14(3)23-25)9-8-19(26)21-11-15-6-7-17(27-4)18(10-15)28-5/h6-7,10,12-13H,8-9,11H2,1-5H3,(H,21,26). The van der Waals surface area contributed by atoms with Gasteiger partial charge in [0.25, 0.3) is 0 Å². The van der Waals surface area contributed by atoms with Gasteiger partial charge in [-0.05, 0) is 38.5 Å². The Kier molecular flexibility index (Phi) is 5.87. The second-order valence-corrected chi connectivity index (χ2v) is 6.94. The number of hydrogen-bond acceptors (Lipinski definition) is 5. The van der Waals surface area contributed by atoms with Gasteiger partial charge in [0, 0.05) is 19.0 Å². The Labute approximate surface area is 164 Å². The van der Waals surface area contributed by atoms with Gasteiger partial charge in [-0.1, -0.05) is 6.07 Å². The van der Waals surface area contributed by atoms with Crippen LogP contribution in [0.5, 0.6) is 11.5 Å². The number of benzene rings is 1. The number of carbonyl (C=O) groups is 1. The lowest BCUT2D eigenvalue weighted by atomic mass is 10.2. The molecule has 2 aromatic heterocycles. The highest BCUT2D eigenvalue weighted by molar-refractivity contribution is 5.79. The first kappa shape index (κ1) is 19.7. The van der Waals surface area contributed by atoms with Crippen LogP contribution < -0.4 is 14.8 Å². The average molecular weight is 385 g/mol. The lowest BCUT2D eigenvalue weighted by Gasteiger charge is -2.10. The van der Waals surface area contributed by atoms with Gasteiger partial charge >= 0.3 is 0 Å². The Balaban J connectivity index is 1.60. The molecular formula is C20H27N5O3. The minimum absolute atomic E-state index is 0.0349. The highest BCUT2D eigenvalue weighted by Gasteiger charge is 2.15. The third-order valence-corrected chi connectivity index (χ3v) is 4.64. The molecule has 150 valence electrons. The summed E-state index contributed by atoms with van der Waals surface area (Å²) in [7, 11) is 3.19. The highest BCUT2D eigenvalue weighted by atomic mass is 16.5. The fourth-order valence-corrected chi connectivity index (χ4v) is 3.23. The van der Waals surface area contributed by atoms with E-state index in [-0.39, 0.29) is 11.9 Å². The first-order chi connectivity index (χ1) is 13.4. The van der Waals surface area contributed by atoms with E-state index in [2.05, 4.69) is 29.4 Å². The fraction of sp³-hybridized carbons (Fsp3) is 0.450. The number of nitrogens with zero attached hydrogens (tertiary/aromatic N) is 4. The van der Waals surface area contributed by atoms with E-state index in [1.807, 2.05) is 40.7 Å². The summed E-state index contributed by atoms with van der Waals surface area (Å²) in [6.45, 7) is 7.08. The third-order valence-electron chi connectivity index (χ3n) is 4.64. The molecule has 0 fully saturated rings. The second kappa shape index (κ2) is 8.33. The number of aromatic nitrogens is 4. The van der Waals surface area contributed by atoms with Crippen molar-refractivity contribution in [2.45, 2.75) is 46.3 Å². The van der Waals surface area contributed by atoms with Crippen molar-refractivity contribution in [3.63, 3.8) is 0 Å². The van der Waals surface area contributed by atoms with Crippen LogP contribution in [0, 0.1) is 6.92 Å². The number of amides is 1. The summed E-state index contributed by atoms with van der Waals surface area (Å²) in [5.41, 5.74) is 3.85. The summed E-state index contributed by atoms with van der Waals surface area (Å²) in [5, 5.41) is 12.0. The summed E-state index contributed by atoms with van der Waals surface area (Å²) in [6, 6.07) is 5.86.